The van der Waals surface area contributed by atoms with Crippen molar-refractivity contribution < 1.29 is 9.18 Å². The van der Waals surface area contributed by atoms with E-state index in [0.29, 0.717) is 36.4 Å². The molecule has 2 aromatic carbocycles. The van der Waals surface area contributed by atoms with E-state index in [1.54, 1.807) is 12.1 Å². The lowest BCUT2D eigenvalue weighted by molar-refractivity contribution is -0.119. The number of carbonyl (C=O) groups is 1. The summed E-state index contributed by atoms with van der Waals surface area (Å²) >= 11 is 1.28. The van der Waals surface area contributed by atoms with Gasteiger partial charge in [-0.3, -0.25) is 4.79 Å². The van der Waals surface area contributed by atoms with Crippen molar-refractivity contribution in [3.05, 3.63) is 77.4 Å². The van der Waals surface area contributed by atoms with Crippen LogP contribution in [0.5, 0.6) is 0 Å². The first-order valence-electron chi connectivity index (χ1n) is 10.1. The van der Waals surface area contributed by atoms with Gasteiger partial charge in [-0.15, -0.1) is 0 Å². The first-order chi connectivity index (χ1) is 14.5. The summed E-state index contributed by atoms with van der Waals surface area (Å²) in [7, 11) is 0. The minimum atomic E-state index is -0.261. The Morgan fingerprint density at radius 2 is 1.83 bits per heavy atom. The van der Waals surface area contributed by atoms with Crippen LogP contribution in [0, 0.1) is 11.7 Å². The lowest BCUT2D eigenvalue weighted by atomic mass is 10.1. The zero-order valence-electron chi connectivity index (χ0n) is 17.3. The number of carbonyl (C=O) groups excluding carboxylic acids is 1. The van der Waals surface area contributed by atoms with E-state index in [1.807, 2.05) is 35.2 Å². The van der Waals surface area contributed by atoms with Gasteiger partial charge in [-0.05, 0) is 35.6 Å². The van der Waals surface area contributed by atoms with Crippen LogP contribution in [0.3, 0.4) is 0 Å². The summed E-state index contributed by atoms with van der Waals surface area (Å²) in [5.41, 5.74) is 2.05. The van der Waals surface area contributed by atoms with Crippen molar-refractivity contribution in [2.75, 3.05) is 18.0 Å². The van der Waals surface area contributed by atoms with E-state index < -0.39 is 0 Å². The molecular weight excluding hydrogens is 399 g/mol. The number of halogens is 1. The number of benzene rings is 2. The number of anilines is 1. The number of aromatic nitrogens is 2. The van der Waals surface area contributed by atoms with Crippen LogP contribution in [0.25, 0.3) is 0 Å². The summed E-state index contributed by atoms with van der Waals surface area (Å²) in [5, 5.41) is 3.70. The molecule has 1 aromatic heterocycles. The van der Waals surface area contributed by atoms with Gasteiger partial charge in [-0.25, -0.2) is 9.37 Å². The zero-order valence-corrected chi connectivity index (χ0v) is 18.2. The maximum atomic E-state index is 13.1. The van der Waals surface area contributed by atoms with Gasteiger partial charge in [0.05, 0.1) is 6.54 Å². The molecule has 1 heterocycles. The van der Waals surface area contributed by atoms with Gasteiger partial charge in [0.2, 0.25) is 11.0 Å². The first kappa shape index (κ1) is 21.9. The fourth-order valence-corrected chi connectivity index (χ4v) is 3.64. The monoisotopic (exact) mass is 426 g/mol. The van der Waals surface area contributed by atoms with Crippen LogP contribution in [0.2, 0.25) is 0 Å². The van der Waals surface area contributed by atoms with E-state index in [2.05, 4.69) is 28.5 Å². The van der Waals surface area contributed by atoms with Gasteiger partial charge in [0.1, 0.15) is 11.6 Å². The van der Waals surface area contributed by atoms with Crippen molar-refractivity contribution in [3.8, 4) is 0 Å². The minimum absolute atomic E-state index is 0.0261. The molecule has 3 aromatic rings. The van der Waals surface area contributed by atoms with Crippen molar-refractivity contribution in [2.24, 2.45) is 5.92 Å². The summed E-state index contributed by atoms with van der Waals surface area (Å²) in [4.78, 5) is 19.1. The Balaban J connectivity index is 1.70. The molecule has 0 bridgehead atoms. The smallest absolute Gasteiger partial charge is 0.239 e. The molecule has 1 N–H and O–H groups in total. The largest absolute Gasteiger partial charge is 0.355 e. The molecule has 158 valence electrons. The number of hydrogen-bond acceptors (Lipinski definition) is 5. The number of nitrogens with zero attached hydrogens (tertiary/aromatic N) is 3. The molecule has 0 aliphatic rings. The van der Waals surface area contributed by atoms with Crippen molar-refractivity contribution in [3.63, 3.8) is 0 Å². The van der Waals surface area contributed by atoms with Crippen molar-refractivity contribution in [1.29, 1.82) is 0 Å². The molecule has 1 amide bonds. The minimum Gasteiger partial charge on any atom is -0.355 e. The molecule has 3 rings (SSSR count). The summed E-state index contributed by atoms with van der Waals surface area (Å²) < 4.78 is 17.6. The Hall–Kier alpha value is -2.80. The zero-order chi connectivity index (χ0) is 21.3. The second-order valence-corrected chi connectivity index (χ2v) is 8.40. The first-order valence-corrected chi connectivity index (χ1v) is 10.9. The summed E-state index contributed by atoms with van der Waals surface area (Å²) in [6.07, 6.45) is 1.47. The van der Waals surface area contributed by atoms with Crippen LogP contribution in [0.1, 0.15) is 37.2 Å². The van der Waals surface area contributed by atoms with Gasteiger partial charge in [-0.1, -0.05) is 56.3 Å². The maximum absolute atomic E-state index is 13.1. The Morgan fingerprint density at radius 1 is 1.10 bits per heavy atom. The van der Waals surface area contributed by atoms with Gasteiger partial charge in [0.25, 0.3) is 0 Å². The molecule has 0 unspecified atom stereocenters. The van der Waals surface area contributed by atoms with E-state index in [4.69, 9.17) is 0 Å². The lowest BCUT2D eigenvalue weighted by Crippen LogP contribution is -2.37. The Bertz CT molecular complexity index is 928. The van der Waals surface area contributed by atoms with E-state index in [-0.39, 0.29) is 18.3 Å². The number of rotatable bonds is 10. The molecule has 0 aliphatic heterocycles. The van der Waals surface area contributed by atoms with Gasteiger partial charge >= 0.3 is 0 Å². The van der Waals surface area contributed by atoms with Gasteiger partial charge in [-0.2, -0.15) is 4.37 Å². The van der Waals surface area contributed by atoms with Crippen molar-refractivity contribution in [1.82, 2.24) is 14.7 Å². The van der Waals surface area contributed by atoms with Crippen LogP contribution in [-0.2, 0) is 17.8 Å². The number of amides is 1. The topological polar surface area (TPSA) is 58.1 Å². The maximum Gasteiger partial charge on any atom is 0.239 e. The molecular formula is C23H27FN4OS. The average Bonchev–Trinajstić information content (AvgIpc) is 3.18. The third-order valence-electron chi connectivity index (χ3n) is 4.60. The third-order valence-corrected chi connectivity index (χ3v) is 5.41. The van der Waals surface area contributed by atoms with Crippen molar-refractivity contribution in [2.45, 2.75) is 33.2 Å². The summed E-state index contributed by atoms with van der Waals surface area (Å²) in [6.45, 7) is 5.74. The van der Waals surface area contributed by atoms with E-state index in [1.165, 1.54) is 23.7 Å². The van der Waals surface area contributed by atoms with Gasteiger partial charge in [0, 0.05) is 31.0 Å². The van der Waals surface area contributed by atoms with Gasteiger partial charge in [0.15, 0.2) is 0 Å². The Labute approximate surface area is 181 Å². The Morgan fingerprint density at radius 3 is 2.53 bits per heavy atom. The fraction of sp³-hybridized carbons (Fsp3) is 0.348. The quantitative estimate of drug-likeness (QED) is 0.521. The summed E-state index contributed by atoms with van der Waals surface area (Å²) in [6, 6.07) is 16.3. The second kappa shape index (κ2) is 10.8. The molecule has 0 aliphatic carbocycles. The van der Waals surface area contributed by atoms with Crippen LogP contribution in [0.4, 0.5) is 9.52 Å². The number of hydrogen-bond donors (Lipinski definition) is 1. The molecule has 0 fully saturated rings. The van der Waals surface area contributed by atoms with Crippen molar-refractivity contribution >= 4 is 22.6 Å². The van der Waals surface area contributed by atoms with Gasteiger partial charge < -0.3 is 10.2 Å². The molecule has 0 saturated heterocycles. The Kier molecular flexibility index (Phi) is 7.90. The van der Waals surface area contributed by atoms with E-state index in [0.717, 1.165) is 17.5 Å². The predicted octanol–water partition coefficient (Wildman–Crippen LogP) is 4.44. The highest BCUT2D eigenvalue weighted by atomic mass is 32.1. The third kappa shape index (κ3) is 6.91. The van der Waals surface area contributed by atoms with Crippen LogP contribution < -0.4 is 10.2 Å². The molecule has 0 radical (unpaired) electrons. The lowest BCUT2D eigenvalue weighted by Gasteiger charge is -2.21. The predicted molar refractivity (Wildman–Crippen MR) is 119 cm³/mol. The highest BCUT2D eigenvalue weighted by molar-refractivity contribution is 7.09. The molecule has 30 heavy (non-hydrogen) atoms. The molecule has 0 atom stereocenters. The normalized spacial score (nSPS) is 10.9. The number of nitrogens with one attached hydrogen (secondary N) is 1. The molecule has 7 heteroatoms. The highest BCUT2D eigenvalue weighted by Crippen LogP contribution is 2.21. The second-order valence-electron chi connectivity index (χ2n) is 7.67. The average molecular weight is 427 g/mol. The molecule has 0 spiro atoms. The van der Waals surface area contributed by atoms with Crippen LogP contribution in [-0.4, -0.2) is 28.4 Å². The van der Waals surface area contributed by atoms with Crippen LogP contribution >= 0.6 is 11.5 Å². The fourth-order valence-electron chi connectivity index (χ4n) is 2.95. The standard InChI is InChI=1S/C23H27FN4OS/c1-17(2)12-13-25-22(29)16-28(15-19-6-4-3-5-7-19)23-26-21(27-30-23)14-18-8-10-20(24)11-9-18/h3-11,17H,12-16H2,1-2H3,(H,25,29). The van der Waals surface area contributed by atoms with E-state index in [9.17, 15) is 9.18 Å². The SMILES string of the molecule is CC(C)CCNC(=O)CN(Cc1ccccc1)c1nc(Cc2ccc(F)cc2)ns1. The highest BCUT2D eigenvalue weighted by Gasteiger charge is 2.17. The molecule has 5 nitrogen and oxygen atoms in total. The van der Waals surface area contributed by atoms with E-state index >= 15 is 0 Å². The molecule has 0 saturated carbocycles. The summed E-state index contributed by atoms with van der Waals surface area (Å²) in [5.74, 6) is 0.924. The van der Waals surface area contributed by atoms with Crippen LogP contribution in [0.15, 0.2) is 54.6 Å².